The summed E-state index contributed by atoms with van der Waals surface area (Å²) in [5.74, 6) is 0.923. The van der Waals surface area contributed by atoms with Crippen LogP contribution in [0.25, 0.3) is 6.08 Å². The summed E-state index contributed by atoms with van der Waals surface area (Å²) < 4.78 is 5.97. The Labute approximate surface area is 158 Å². The molecule has 1 aliphatic heterocycles. The molecule has 0 spiro atoms. The summed E-state index contributed by atoms with van der Waals surface area (Å²) in [6.45, 7) is 3.56. The van der Waals surface area contributed by atoms with E-state index < -0.39 is 0 Å². The number of aryl methyl sites for hydroxylation is 1. The van der Waals surface area contributed by atoms with E-state index in [9.17, 15) is 0 Å². The monoisotopic (exact) mass is 359 g/mol. The number of benzene rings is 2. The van der Waals surface area contributed by atoms with Gasteiger partial charge in [0.2, 0.25) is 0 Å². The van der Waals surface area contributed by atoms with E-state index in [0.717, 1.165) is 24.4 Å². The molecule has 2 heterocycles. The predicted octanol–water partition coefficient (Wildman–Crippen LogP) is 5.69. The highest BCUT2D eigenvalue weighted by Crippen LogP contribution is 2.24. The maximum absolute atomic E-state index is 5.97. The maximum atomic E-state index is 5.97. The van der Waals surface area contributed by atoms with Crippen molar-refractivity contribution in [1.82, 2.24) is 0 Å². The van der Waals surface area contributed by atoms with Gasteiger partial charge in [-0.25, -0.2) is 0 Å². The lowest BCUT2D eigenvalue weighted by atomic mass is 9.97. The molecule has 0 amide bonds. The normalized spacial score (nSPS) is 13.5. The quantitative estimate of drug-likeness (QED) is 0.573. The second-order valence-electron chi connectivity index (χ2n) is 6.39. The van der Waals surface area contributed by atoms with Crippen LogP contribution in [0.3, 0.4) is 0 Å². The fourth-order valence-electron chi connectivity index (χ4n) is 3.09. The minimum absolute atomic E-state index is 0.595. The van der Waals surface area contributed by atoms with E-state index in [0.29, 0.717) is 6.61 Å². The van der Waals surface area contributed by atoms with Crippen molar-refractivity contribution in [2.75, 3.05) is 6.54 Å². The molecule has 0 aliphatic carbocycles. The number of nitrogens with zero attached hydrogens (tertiary/aromatic N) is 1. The van der Waals surface area contributed by atoms with Crippen LogP contribution in [0.4, 0.5) is 0 Å². The molecule has 0 bridgehead atoms. The van der Waals surface area contributed by atoms with Crippen molar-refractivity contribution in [3.63, 3.8) is 0 Å². The van der Waals surface area contributed by atoms with Gasteiger partial charge in [0, 0.05) is 21.9 Å². The van der Waals surface area contributed by atoms with Crippen LogP contribution in [-0.2, 0) is 13.0 Å². The predicted molar refractivity (Wildman–Crippen MR) is 110 cm³/mol. The van der Waals surface area contributed by atoms with Crippen molar-refractivity contribution in [2.24, 2.45) is 4.99 Å². The standard InChI is InChI=1S/C23H21NOS/c1-17-7-9-21(26-17)10-12-23-22-11-8-20(15-19(22)13-14-24-23)25-16-18-5-3-2-4-6-18/h2-12,15H,13-14,16H2,1H3/b12-10+. The summed E-state index contributed by atoms with van der Waals surface area (Å²) in [6, 6.07) is 20.9. The molecule has 130 valence electrons. The van der Waals surface area contributed by atoms with Crippen LogP contribution < -0.4 is 4.74 Å². The van der Waals surface area contributed by atoms with E-state index in [-0.39, 0.29) is 0 Å². The van der Waals surface area contributed by atoms with Crippen molar-refractivity contribution in [3.8, 4) is 5.75 Å². The van der Waals surface area contributed by atoms with Crippen LogP contribution in [0.5, 0.6) is 5.75 Å². The van der Waals surface area contributed by atoms with Gasteiger partial charge in [0.05, 0.1) is 5.71 Å². The molecule has 0 N–H and O–H groups in total. The first-order valence-corrected chi connectivity index (χ1v) is 9.68. The fraction of sp³-hybridized carbons (Fsp3) is 0.174. The topological polar surface area (TPSA) is 21.6 Å². The number of aliphatic imine (C=N–C) groups is 1. The van der Waals surface area contributed by atoms with Crippen molar-refractivity contribution in [1.29, 1.82) is 0 Å². The second-order valence-corrected chi connectivity index (χ2v) is 7.71. The van der Waals surface area contributed by atoms with Crippen LogP contribution in [0.2, 0.25) is 0 Å². The molecule has 1 aliphatic rings. The third-order valence-electron chi connectivity index (χ3n) is 4.43. The Morgan fingerprint density at radius 3 is 2.73 bits per heavy atom. The van der Waals surface area contributed by atoms with Gasteiger partial charge in [-0.05, 0) is 67.0 Å². The van der Waals surface area contributed by atoms with Crippen molar-refractivity contribution in [2.45, 2.75) is 20.0 Å². The molecular formula is C23H21NOS. The molecule has 3 aromatic rings. The van der Waals surface area contributed by atoms with Gasteiger partial charge in [0.1, 0.15) is 12.4 Å². The Morgan fingerprint density at radius 1 is 1.04 bits per heavy atom. The minimum Gasteiger partial charge on any atom is -0.489 e. The van der Waals surface area contributed by atoms with Crippen molar-refractivity contribution < 1.29 is 4.74 Å². The molecule has 3 heteroatoms. The Hall–Kier alpha value is -2.65. The van der Waals surface area contributed by atoms with E-state index in [2.05, 4.69) is 55.5 Å². The van der Waals surface area contributed by atoms with Crippen molar-refractivity contribution in [3.05, 3.63) is 93.2 Å². The molecule has 0 atom stereocenters. The highest BCUT2D eigenvalue weighted by atomic mass is 32.1. The number of ether oxygens (including phenoxy) is 1. The Morgan fingerprint density at radius 2 is 1.92 bits per heavy atom. The largest absolute Gasteiger partial charge is 0.489 e. The zero-order valence-electron chi connectivity index (χ0n) is 14.8. The van der Waals surface area contributed by atoms with Gasteiger partial charge in [0.25, 0.3) is 0 Å². The Balaban J connectivity index is 1.49. The molecule has 4 rings (SSSR count). The Kier molecular flexibility index (Phi) is 4.98. The molecule has 0 saturated carbocycles. The summed E-state index contributed by atoms with van der Waals surface area (Å²) in [4.78, 5) is 7.30. The molecule has 2 aromatic carbocycles. The number of allylic oxidation sites excluding steroid dienone is 1. The minimum atomic E-state index is 0.595. The molecule has 0 unspecified atom stereocenters. The van der Waals surface area contributed by atoms with E-state index in [1.807, 2.05) is 24.3 Å². The van der Waals surface area contributed by atoms with E-state index in [4.69, 9.17) is 9.73 Å². The zero-order chi connectivity index (χ0) is 17.8. The second kappa shape index (κ2) is 7.71. The lowest BCUT2D eigenvalue weighted by Crippen LogP contribution is -2.11. The van der Waals surface area contributed by atoms with E-state index in [1.54, 1.807) is 11.3 Å². The molecule has 1 aromatic heterocycles. The zero-order valence-corrected chi connectivity index (χ0v) is 15.6. The number of hydrogen-bond acceptors (Lipinski definition) is 3. The first-order valence-electron chi connectivity index (χ1n) is 8.87. The third-order valence-corrected chi connectivity index (χ3v) is 5.40. The molecular weight excluding hydrogens is 338 g/mol. The Bertz CT molecular complexity index is 953. The molecule has 26 heavy (non-hydrogen) atoms. The van der Waals surface area contributed by atoms with Crippen LogP contribution in [0.1, 0.15) is 26.4 Å². The molecule has 0 radical (unpaired) electrons. The number of fused-ring (bicyclic) bond motifs is 1. The number of thiophene rings is 1. The third kappa shape index (κ3) is 3.94. The van der Waals surface area contributed by atoms with Crippen molar-refractivity contribution >= 4 is 23.1 Å². The van der Waals surface area contributed by atoms with Gasteiger partial charge in [0.15, 0.2) is 0 Å². The van der Waals surface area contributed by atoms with Crippen LogP contribution in [0.15, 0.2) is 71.7 Å². The maximum Gasteiger partial charge on any atom is 0.120 e. The van der Waals surface area contributed by atoms with Crippen LogP contribution >= 0.6 is 11.3 Å². The summed E-state index contributed by atoms with van der Waals surface area (Å²) >= 11 is 1.80. The van der Waals surface area contributed by atoms with Crippen LogP contribution in [0, 0.1) is 6.92 Å². The number of hydrogen-bond donors (Lipinski definition) is 0. The van der Waals surface area contributed by atoms with Crippen LogP contribution in [-0.4, -0.2) is 12.3 Å². The van der Waals surface area contributed by atoms with Gasteiger partial charge in [-0.3, -0.25) is 4.99 Å². The lowest BCUT2D eigenvalue weighted by Gasteiger charge is -2.16. The highest BCUT2D eigenvalue weighted by Gasteiger charge is 2.13. The van der Waals surface area contributed by atoms with Gasteiger partial charge in [-0.15, -0.1) is 11.3 Å². The SMILES string of the molecule is Cc1ccc(/C=C/C2=NCCc3cc(OCc4ccccc4)ccc32)s1. The summed E-state index contributed by atoms with van der Waals surface area (Å²) in [5, 5.41) is 0. The number of rotatable bonds is 5. The van der Waals surface area contributed by atoms with Gasteiger partial charge in [-0.2, -0.15) is 0 Å². The fourth-order valence-corrected chi connectivity index (χ4v) is 3.87. The molecule has 0 saturated heterocycles. The van der Waals surface area contributed by atoms with Gasteiger partial charge in [-0.1, -0.05) is 30.3 Å². The van der Waals surface area contributed by atoms with Gasteiger partial charge >= 0.3 is 0 Å². The lowest BCUT2D eigenvalue weighted by molar-refractivity contribution is 0.306. The van der Waals surface area contributed by atoms with Gasteiger partial charge < -0.3 is 4.74 Å². The smallest absolute Gasteiger partial charge is 0.120 e. The first-order chi connectivity index (χ1) is 12.8. The molecule has 0 fully saturated rings. The average Bonchev–Trinajstić information content (AvgIpc) is 3.10. The summed E-state index contributed by atoms with van der Waals surface area (Å²) in [5.41, 5.74) is 4.77. The summed E-state index contributed by atoms with van der Waals surface area (Å²) in [6.07, 6.45) is 5.26. The van der Waals surface area contributed by atoms with E-state index in [1.165, 1.54) is 26.4 Å². The van der Waals surface area contributed by atoms with E-state index >= 15 is 0 Å². The highest BCUT2D eigenvalue weighted by molar-refractivity contribution is 7.12. The first kappa shape index (κ1) is 16.8. The summed E-state index contributed by atoms with van der Waals surface area (Å²) in [7, 11) is 0. The molecule has 2 nitrogen and oxygen atoms in total. The average molecular weight is 359 g/mol.